The van der Waals surface area contributed by atoms with E-state index >= 15 is 0 Å². The van der Waals surface area contributed by atoms with Gasteiger partial charge in [-0.3, -0.25) is 4.79 Å². The number of nitrogens with zero attached hydrogens (tertiary/aromatic N) is 2. The molecule has 1 aliphatic heterocycles. The van der Waals surface area contributed by atoms with E-state index in [2.05, 4.69) is 0 Å². The lowest BCUT2D eigenvalue weighted by Crippen LogP contribution is -2.29. The first-order valence-electron chi connectivity index (χ1n) is 7.35. The van der Waals surface area contributed by atoms with Crippen LogP contribution < -0.4 is 4.74 Å². The molecule has 2 rings (SSSR count). The highest BCUT2D eigenvalue weighted by Gasteiger charge is 2.30. The summed E-state index contributed by atoms with van der Waals surface area (Å²) in [5, 5.41) is 0. The second kappa shape index (κ2) is 6.66. The summed E-state index contributed by atoms with van der Waals surface area (Å²) in [7, 11) is -0.522. The first kappa shape index (κ1) is 16.8. The largest absolute Gasteiger partial charge is 0.495 e. The number of methoxy groups -OCH3 is 1. The van der Waals surface area contributed by atoms with Gasteiger partial charge in [0.25, 0.3) is 5.91 Å². The molecule has 0 spiro atoms. The Morgan fingerprint density at radius 3 is 2.50 bits per heavy atom. The zero-order valence-electron chi connectivity index (χ0n) is 13.2. The fourth-order valence-electron chi connectivity index (χ4n) is 2.44. The SMILES string of the molecule is CCN(C)C(=O)c1ccc(OC)c(S(=O)(=O)N2CCCC2)c1. The van der Waals surface area contributed by atoms with Gasteiger partial charge in [-0.25, -0.2) is 8.42 Å². The average molecular weight is 326 g/mol. The highest BCUT2D eigenvalue weighted by molar-refractivity contribution is 7.89. The maximum Gasteiger partial charge on any atom is 0.253 e. The summed E-state index contributed by atoms with van der Waals surface area (Å²) >= 11 is 0. The molecule has 0 unspecified atom stereocenters. The molecule has 6 nitrogen and oxygen atoms in total. The Morgan fingerprint density at radius 2 is 1.95 bits per heavy atom. The van der Waals surface area contributed by atoms with Crippen molar-refractivity contribution in [2.75, 3.05) is 33.8 Å². The number of benzene rings is 1. The standard InChI is InChI=1S/C15H22N2O4S/c1-4-16(2)15(18)12-7-8-13(21-3)14(11-12)22(19,20)17-9-5-6-10-17/h7-8,11H,4-6,9-10H2,1-3H3. The molecular weight excluding hydrogens is 304 g/mol. The van der Waals surface area contributed by atoms with Gasteiger partial charge >= 0.3 is 0 Å². The molecule has 0 bridgehead atoms. The molecule has 0 aromatic heterocycles. The second-order valence-corrected chi connectivity index (χ2v) is 7.20. The summed E-state index contributed by atoms with van der Waals surface area (Å²) < 4.78 is 32.1. The van der Waals surface area contributed by atoms with Gasteiger partial charge in [0.15, 0.2) is 0 Å². The highest BCUT2D eigenvalue weighted by atomic mass is 32.2. The summed E-state index contributed by atoms with van der Waals surface area (Å²) in [5.41, 5.74) is 0.350. The molecule has 0 radical (unpaired) electrons. The number of hydrogen-bond acceptors (Lipinski definition) is 4. The predicted molar refractivity (Wildman–Crippen MR) is 83.6 cm³/mol. The van der Waals surface area contributed by atoms with Gasteiger partial charge in [-0.1, -0.05) is 0 Å². The van der Waals surface area contributed by atoms with Gasteiger partial charge in [0.2, 0.25) is 10.0 Å². The molecule has 1 amide bonds. The molecule has 1 aliphatic rings. The number of carbonyl (C=O) groups excluding carboxylic acids is 1. The topological polar surface area (TPSA) is 66.9 Å². The molecule has 1 aromatic carbocycles. The van der Waals surface area contributed by atoms with Gasteiger partial charge in [0.1, 0.15) is 10.6 Å². The third-order valence-corrected chi connectivity index (χ3v) is 5.83. The van der Waals surface area contributed by atoms with Crippen molar-refractivity contribution < 1.29 is 17.9 Å². The normalized spacial score (nSPS) is 15.8. The summed E-state index contributed by atoms with van der Waals surface area (Å²) in [6, 6.07) is 4.55. The molecule has 122 valence electrons. The van der Waals surface area contributed by atoms with Crippen molar-refractivity contribution in [2.45, 2.75) is 24.7 Å². The van der Waals surface area contributed by atoms with E-state index < -0.39 is 10.0 Å². The Bertz CT molecular complexity index is 652. The number of sulfonamides is 1. The zero-order chi connectivity index (χ0) is 16.3. The van der Waals surface area contributed by atoms with Gasteiger partial charge in [0, 0.05) is 32.2 Å². The van der Waals surface area contributed by atoms with Crippen molar-refractivity contribution in [1.82, 2.24) is 9.21 Å². The highest BCUT2D eigenvalue weighted by Crippen LogP contribution is 2.30. The van der Waals surface area contributed by atoms with E-state index in [0.29, 0.717) is 25.2 Å². The molecule has 0 saturated carbocycles. The second-order valence-electron chi connectivity index (χ2n) is 5.30. The minimum Gasteiger partial charge on any atom is -0.495 e. The summed E-state index contributed by atoms with van der Waals surface area (Å²) in [6.07, 6.45) is 1.72. The molecule has 1 saturated heterocycles. The molecular formula is C15H22N2O4S. The van der Waals surface area contributed by atoms with Crippen LogP contribution in [0, 0.1) is 0 Å². The summed E-state index contributed by atoms with van der Waals surface area (Å²) in [4.78, 5) is 13.9. The smallest absolute Gasteiger partial charge is 0.253 e. The van der Waals surface area contributed by atoms with E-state index in [9.17, 15) is 13.2 Å². The predicted octanol–water partition coefficient (Wildman–Crippen LogP) is 1.57. The number of hydrogen-bond donors (Lipinski definition) is 0. The molecule has 1 fully saturated rings. The minimum atomic E-state index is -3.63. The van der Waals surface area contributed by atoms with Crippen molar-refractivity contribution >= 4 is 15.9 Å². The van der Waals surface area contributed by atoms with Crippen LogP contribution in [-0.4, -0.2) is 57.3 Å². The van der Waals surface area contributed by atoms with E-state index in [-0.39, 0.29) is 16.6 Å². The van der Waals surface area contributed by atoms with Gasteiger partial charge in [0.05, 0.1) is 7.11 Å². The first-order valence-corrected chi connectivity index (χ1v) is 8.79. The van der Waals surface area contributed by atoms with Crippen molar-refractivity contribution in [1.29, 1.82) is 0 Å². The average Bonchev–Trinajstić information content (AvgIpc) is 3.08. The Kier molecular flexibility index (Phi) is 5.08. The van der Waals surface area contributed by atoms with Crippen LogP contribution in [0.1, 0.15) is 30.1 Å². The molecule has 22 heavy (non-hydrogen) atoms. The van der Waals surface area contributed by atoms with Crippen LogP contribution in [0.25, 0.3) is 0 Å². The monoisotopic (exact) mass is 326 g/mol. The van der Waals surface area contributed by atoms with Crippen LogP contribution in [0.2, 0.25) is 0 Å². The molecule has 7 heteroatoms. The Balaban J connectivity index is 2.47. The quantitative estimate of drug-likeness (QED) is 0.824. The van der Waals surface area contributed by atoms with Gasteiger partial charge in [-0.05, 0) is 38.0 Å². The van der Waals surface area contributed by atoms with Crippen LogP contribution >= 0.6 is 0 Å². The Labute approximate surface area is 131 Å². The van der Waals surface area contributed by atoms with Gasteiger partial charge in [-0.15, -0.1) is 0 Å². The fourth-order valence-corrected chi connectivity index (χ4v) is 4.14. The number of rotatable bonds is 5. The van der Waals surface area contributed by atoms with E-state index in [4.69, 9.17) is 4.74 Å². The number of carbonyl (C=O) groups is 1. The van der Waals surface area contributed by atoms with Crippen LogP contribution in [-0.2, 0) is 10.0 Å². The first-order chi connectivity index (χ1) is 10.4. The lowest BCUT2D eigenvalue weighted by Gasteiger charge is -2.19. The molecule has 1 aromatic rings. The third-order valence-electron chi connectivity index (χ3n) is 3.91. The third kappa shape index (κ3) is 3.10. The zero-order valence-corrected chi connectivity index (χ0v) is 14.0. The minimum absolute atomic E-state index is 0.0623. The Hall–Kier alpha value is -1.60. The van der Waals surface area contributed by atoms with E-state index in [1.807, 2.05) is 6.92 Å². The molecule has 0 N–H and O–H groups in total. The van der Waals surface area contributed by atoms with Crippen molar-refractivity contribution in [3.05, 3.63) is 23.8 Å². The van der Waals surface area contributed by atoms with Gasteiger partial charge < -0.3 is 9.64 Å². The van der Waals surface area contributed by atoms with Crippen molar-refractivity contribution in [3.8, 4) is 5.75 Å². The van der Waals surface area contributed by atoms with Crippen molar-refractivity contribution in [3.63, 3.8) is 0 Å². The van der Waals surface area contributed by atoms with Crippen LogP contribution in [0.3, 0.4) is 0 Å². The van der Waals surface area contributed by atoms with E-state index in [1.165, 1.54) is 22.4 Å². The number of amides is 1. The van der Waals surface area contributed by atoms with E-state index in [0.717, 1.165) is 12.8 Å². The summed E-state index contributed by atoms with van der Waals surface area (Å²) in [6.45, 7) is 3.44. The number of ether oxygens (including phenoxy) is 1. The maximum absolute atomic E-state index is 12.7. The summed E-state index contributed by atoms with van der Waals surface area (Å²) in [5.74, 6) is 0.0608. The van der Waals surface area contributed by atoms with E-state index in [1.54, 1.807) is 19.2 Å². The molecule has 0 aliphatic carbocycles. The lowest BCUT2D eigenvalue weighted by molar-refractivity contribution is 0.0802. The van der Waals surface area contributed by atoms with Crippen molar-refractivity contribution in [2.24, 2.45) is 0 Å². The fraction of sp³-hybridized carbons (Fsp3) is 0.533. The maximum atomic E-state index is 12.7. The Morgan fingerprint density at radius 1 is 1.32 bits per heavy atom. The molecule has 1 heterocycles. The lowest BCUT2D eigenvalue weighted by atomic mass is 10.2. The van der Waals surface area contributed by atoms with Crippen LogP contribution in [0.15, 0.2) is 23.1 Å². The van der Waals surface area contributed by atoms with Gasteiger partial charge in [-0.2, -0.15) is 4.31 Å². The molecule has 0 atom stereocenters. The van der Waals surface area contributed by atoms with Crippen LogP contribution in [0.4, 0.5) is 0 Å². The van der Waals surface area contributed by atoms with Crippen LogP contribution in [0.5, 0.6) is 5.75 Å².